The maximum Gasteiger partial charge on any atom is 0.407 e. The van der Waals surface area contributed by atoms with E-state index < -0.39 is 12.2 Å². The van der Waals surface area contributed by atoms with Gasteiger partial charge in [0.25, 0.3) is 0 Å². The second kappa shape index (κ2) is 5.93. The lowest BCUT2D eigenvalue weighted by Crippen LogP contribution is -2.37. The number of benzene rings is 1. The highest BCUT2D eigenvalue weighted by Gasteiger charge is 2.40. The molecule has 1 unspecified atom stereocenters. The normalized spacial score (nSPS) is 16.4. The van der Waals surface area contributed by atoms with Gasteiger partial charge >= 0.3 is 12.2 Å². The first-order valence-corrected chi connectivity index (χ1v) is 6.78. The first-order chi connectivity index (χ1) is 9.82. The van der Waals surface area contributed by atoms with Crippen molar-refractivity contribution in [3.63, 3.8) is 0 Å². The van der Waals surface area contributed by atoms with Gasteiger partial charge in [-0.1, -0.05) is 19.1 Å². The van der Waals surface area contributed by atoms with Crippen molar-refractivity contribution in [1.82, 2.24) is 10.2 Å². The molecule has 1 aromatic rings. The zero-order valence-corrected chi connectivity index (χ0v) is 11.9. The summed E-state index contributed by atoms with van der Waals surface area (Å²) >= 11 is 0. The van der Waals surface area contributed by atoms with Gasteiger partial charge in [-0.15, -0.1) is 0 Å². The Kier molecular flexibility index (Phi) is 4.41. The van der Waals surface area contributed by atoms with Gasteiger partial charge < -0.3 is 15.5 Å². The molecule has 0 saturated heterocycles. The third kappa shape index (κ3) is 3.47. The smallest absolute Gasteiger partial charge is 0.323 e. The van der Waals surface area contributed by atoms with Crippen LogP contribution in [0.15, 0.2) is 18.2 Å². The second-order valence-corrected chi connectivity index (χ2v) is 5.13. The maximum absolute atomic E-state index is 13.2. The molecule has 4 nitrogen and oxygen atoms in total. The van der Waals surface area contributed by atoms with Crippen molar-refractivity contribution in [2.45, 2.75) is 32.1 Å². The van der Waals surface area contributed by atoms with Gasteiger partial charge in [0.15, 0.2) is 0 Å². The van der Waals surface area contributed by atoms with Crippen LogP contribution in [0.3, 0.4) is 0 Å². The van der Waals surface area contributed by atoms with E-state index >= 15 is 0 Å². The SMILES string of the molecule is CCCNC(c1ccc2c(c1)CN(C)C(=O)N2)C(F)(F)F. The molecule has 2 rings (SSSR count). The second-order valence-electron chi connectivity index (χ2n) is 5.13. The molecule has 1 aliphatic rings. The van der Waals surface area contributed by atoms with E-state index in [0.29, 0.717) is 24.2 Å². The zero-order chi connectivity index (χ0) is 15.6. The third-order valence-electron chi connectivity index (χ3n) is 3.38. The quantitative estimate of drug-likeness (QED) is 0.896. The van der Waals surface area contributed by atoms with Crippen molar-refractivity contribution in [3.05, 3.63) is 29.3 Å². The van der Waals surface area contributed by atoms with Crippen molar-refractivity contribution in [2.75, 3.05) is 18.9 Å². The molecule has 21 heavy (non-hydrogen) atoms. The fourth-order valence-electron chi connectivity index (χ4n) is 2.30. The minimum Gasteiger partial charge on any atom is -0.323 e. The van der Waals surface area contributed by atoms with E-state index in [1.54, 1.807) is 7.05 Å². The zero-order valence-electron chi connectivity index (χ0n) is 11.9. The predicted molar refractivity (Wildman–Crippen MR) is 74.0 cm³/mol. The summed E-state index contributed by atoms with van der Waals surface area (Å²) in [6, 6.07) is 2.50. The van der Waals surface area contributed by atoms with Gasteiger partial charge in [-0.2, -0.15) is 13.2 Å². The topological polar surface area (TPSA) is 44.4 Å². The molecule has 0 spiro atoms. The Hall–Kier alpha value is -1.76. The fourth-order valence-corrected chi connectivity index (χ4v) is 2.30. The first kappa shape index (κ1) is 15.6. The molecule has 0 aromatic heterocycles. The summed E-state index contributed by atoms with van der Waals surface area (Å²) < 4.78 is 39.5. The number of carbonyl (C=O) groups excluding carboxylic acids is 1. The lowest BCUT2D eigenvalue weighted by atomic mass is 10.0. The number of rotatable bonds is 4. The van der Waals surface area contributed by atoms with Crippen molar-refractivity contribution >= 4 is 11.7 Å². The molecule has 7 heteroatoms. The van der Waals surface area contributed by atoms with Crippen LogP contribution in [-0.2, 0) is 6.54 Å². The minimum atomic E-state index is -4.35. The molecule has 0 bridgehead atoms. The first-order valence-electron chi connectivity index (χ1n) is 6.78. The van der Waals surface area contributed by atoms with E-state index in [-0.39, 0.29) is 18.1 Å². The van der Waals surface area contributed by atoms with Gasteiger partial charge in [0.05, 0.1) is 0 Å². The molecule has 0 aliphatic carbocycles. The molecule has 116 valence electrons. The monoisotopic (exact) mass is 301 g/mol. The summed E-state index contributed by atoms with van der Waals surface area (Å²) in [4.78, 5) is 12.9. The molecule has 1 aromatic carbocycles. The highest BCUT2D eigenvalue weighted by molar-refractivity contribution is 5.92. The van der Waals surface area contributed by atoms with Crippen molar-refractivity contribution in [1.29, 1.82) is 0 Å². The summed E-state index contributed by atoms with van der Waals surface area (Å²) in [6.45, 7) is 2.41. The Labute approximate surface area is 121 Å². The van der Waals surface area contributed by atoms with Gasteiger partial charge in [0.1, 0.15) is 6.04 Å². The van der Waals surface area contributed by atoms with Crippen LogP contribution in [0.2, 0.25) is 0 Å². The summed E-state index contributed by atoms with van der Waals surface area (Å²) in [5.41, 5.74) is 1.42. The van der Waals surface area contributed by atoms with Crippen molar-refractivity contribution in [3.8, 4) is 0 Å². The Morgan fingerprint density at radius 1 is 1.43 bits per heavy atom. The van der Waals surface area contributed by atoms with Gasteiger partial charge in [0, 0.05) is 19.3 Å². The Morgan fingerprint density at radius 3 is 2.76 bits per heavy atom. The minimum absolute atomic E-state index is 0.166. The molecular weight excluding hydrogens is 283 g/mol. The number of hydrogen-bond donors (Lipinski definition) is 2. The van der Waals surface area contributed by atoms with E-state index in [1.165, 1.54) is 23.1 Å². The van der Waals surface area contributed by atoms with Gasteiger partial charge in [-0.3, -0.25) is 0 Å². The summed E-state index contributed by atoms with van der Waals surface area (Å²) in [6.07, 6.45) is -3.73. The number of nitrogens with one attached hydrogen (secondary N) is 2. The predicted octanol–water partition coefficient (Wildman–Crippen LogP) is 3.27. The summed E-state index contributed by atoms with van der Waals surface area (Å²) in [5, 5.41) is 5.17. The van der Waals surface area contributed by atoms with Crippen LogP contribution in [0, 0.1) is 0 Å². The number of hydrogen-bond acceptors (Lipinski definition) is 2. The van der Waals surface area contributed by atoms with Crippen LogP contribution in [0.25, 0.3) is 0 Å². The number of halogens is 3. The fraction of sp³-hybridized carbons (Fsp3) is 0.500. The van der Waals surface area contributed by atoms with Crippen LogP contribution < -0.4 is 10.6 Å². The summed E-state index contributed by atoms with van der Waals surface area (Å²) in [7, 11) is 1.60. The number of carbonyl (C=O) groups is 1. The molecule has 1 heterocycles. The largest absolute Gasteiger partial charge is 0.407 e. The Balaban J connectivity index is 2.31. The molecular formula is C14H18F3N3O. The number of alkyl halides is 3. The van der Waals surface area contributed by atoms with Crippen LogP contribution in [-0.4, -0.2) is 30.7 Å². The van der Waals surface area contributed by atoms with E-state index in [0.717, 1.165) is 0 Å². The van der Waals surface area contributed by atoms with Crippen LogP contribution in [0.4, 0.5) is 23.7 Å². The number of fused-ring (bicyclic) bond motifs is 1. The number of nitrogens with zero attached hydrogens (tertiary/aromatic N) is 1. The van der Waals surface area contributed by atoms with E-state index in [2.05, 4.69) is 10.6 Å². The van der Waals surface area contributed by atoms with E-state index in [1.807, 2.05) is 6.92 Å². The standard InChI is InChI=1S/C14H18F3N3O/c1-3-6-18-12(14(15,16)17)9-4-5-11-10(7-9)8-20(2)13(21)19-11/h4-5,7,12,18H,3,6,8H2,1-2H3,(H,19,21). The molecule has 0 saturated carbocycles. The maximum atomic E-state index is 13.2. The molecule has 1 atom stereocenters. The molecule has 0 fully saturated rings. The van der Waals surface area contributed by atoms with Gasteiger partial charge in [0.2, 0.25) is 0 Å². The molecule has 1 aliphatic heterocycles. The lowest BCUT2D eigenvalue weighted by molar-refractivity contribution is -0.157. The molecule has 2 N–H and O–H groups in total. The molecule has 2 amide bonds. The Morgan fingerprint density at radius 2 is 2.14 bits per heavy atom. The van der Waals surface area contributed by atoms with Crippen LogP contribution in [0.5, 0.6) is 0 Å². The van der Waals surface area contributed by atoms with Crippen LogP contribution in [0.1, 0.15) is 30.5 Å². The van der Waals surface area contributed by atoms with Gasteiger partial charge in [-0.05, 0) is 30.2 Å². The lowest BCUT2D eigenvalue weighted by Gasteiger charge is -2.28. The molecule has 0 radical (unpaired) electrons. The van der Waals surface area contributed by atoms with Crippen molar-refractivity contribution in [2.24, 2.45) is 0 Å². The van der Waals surface area contributed by atoms with Crippen LogP contribution >= 0.6 is 0 Å². The summed E-state index contributed by atoms with van der Waals surface area (Å²) in [5.74, 6) is 0. The van der Waals surface area contributed by atoms with E-state index in [9.17, 15) is 18.0 Å². The average molecular weight is 301 g/mol. The Bertz CT molecular complexity index is 531. The number of anilines is 1. The third-order valence-corrected chi connectivity index (χ3v) is 3.38. The van der Waals surface area contributed by atoms with Gasteiger partial charge in [-0.25, -0.2) is 4.79 Å². The van der Waals surface area contributed by atoms with Crippen molar-refractivity contribution < 1.29 is 18.0 Å². The highest BCUT2D eigenvalue weighted by atomic mass is 19.4. The number of urea groups is 1. The average Bonchev–Trinajstić information content (AvgIpc) is 2.39. The number of amides is 2. The highest BCUT2D eigenvalue weighted by Crippen LogP contribution is 2.35. The van der Waals surface area contributed by atoms with E-state index in [4.69, 9.17) is 0 Å².